The van der Waals surface area contributed by atoms with Crippen LogP contribution in [0.1, 0.15) is 21.5 Å². The Kier molecular flexibility index (Phi) is 7.15. The zero-order valence-electron chi connectivity index (χ0n) is 17.4. The van der Waals surface area contributed by atoms with Gasteiger partial charge in [0, 0.05) is 43.9 Å². The minimum Gasteiger partial charge on any atom is -0.487 e. The first-order valence-electron chi connectivity index (χ1n) is 10.3. The second kappa shape index (κ2) is 10.2. The lowest BCUT2D eigenvalue weighted by Gasteiger charge is -2.35. The van der Waals surface area contributed by atoms with E-state index in [-0.39, 0.29) is 5.56 Å². The average Bonchev–Trinajstić information content (AvgIpc) is 2.79. The van der Waals surface area contributed by atoms with Gasteiger partial charge in [-0.2, -0.15) is 0 Å². The van der Waals surface area contributed by atoms with Gasteiger partial charge in [-0.3, -0.25) is 4.90 Å². The van der Waals surface area contributed by atoms with Crippen LogP contribution in [0, 0.1) is 0 Å². The van der Waals surface area contributed by atoms with Crippen molar-refractivity contribution >= 4 is 35.0 Å². The highest BCUT2D eigenvalue weighted by atomic mass is 35.5. The lowest BCUT2D eigenvalue weighted by atomic mass is 10.1. The van der Waals surface area contributed by atoms with E-state index in [1.54, 1.807) is 36.5 Å². The maximum atomic E-state index is 11.5. The van der Waals surface area contributed by atoms with Crippen molar-refractivity contribution in [3.05, 3.63) is 87.5 Å². The van der Waals surface area contributed by atoms with Crippen molar-refractivity contribution in [3.63, 3.8) is 0 Å². The molecular formula is C24H23Cl2N3O3. The summed E-state index contributed by atoms with van der Waals surface area (Å²) in [7, 11) is 0. The Hall–Kier alpha value is -2.80. The molecule has 1 N–H and O–H groups in total. The highest BCUT2D eigenvalue weighted by Gasteiger charge is 2.22. The third-order valence-electron chi connectivity index (χ3n) is 5.37. The lowest BCUT2D eigenvalue weighted by molar-refractivity contribution is 0.0697. The van der Waals surface area contributed by atoms with Crippen LogP contribution in [0.3, 0.4) is 0 Å². The highest BCUT2D eigenvalue weighted by molar-refractivity contribution is 6.35. The summed E-state index contributed by atoms with van der Waals surface area (Å²) in [6, 6.07) is 16.7. The minimum absolute atomic E-state index is 0.245. The van der Waals surface area contributed by atoms with E-state index < -0.39 is 5.97 Å². The number of anilines is 1. The monoisotopic (exact) mass is 471 g/mol. The molecule has 0 aliphatic carbocycles. The van der Waals surface area contributed by atoms with E-state index in [0.717, 1.165) is 38.3 Å². The molecule has 2 heterocycles. The predicted molar refractivity (Wildman–Crippen MR) is 126 cm³/mol. The summed E-state index contributed by atoms with van der Waals surface area (Å²) in [5.74, 6) is 0.196. The zero-order valence-corrected chi connectivity index (χ0v) is 18.9. The van der Waals surface area contributed by atoms with Gasteiger partial charge in [0.25, 0.3) is 0 Å². The van der Waals surface area contributed by atoms with Crippen molar-refractivity contribution in [1.82, 2.24) is 9.88 Å². The third-order valence-corrected chi connectivity index (χ3v) is 5.91. The van der Waals surface area contributed by atoms with Crippen LogP contribution in [0.5, 0.6) is 5.75 Å². The van der Waals surface area contributed by atoms with Crippen molar-refractivity contribution in [1.29, 1.82) is 0 Å². The van der Waals surface area contributed by atoms with Crippen LogP contribution >= 0.6 is 23.2 Å². The average molecular weight is 472 g/mol. The summed E-state index contributed by atoms with van der Waals surface area (Å²) < 4.78 is 5.85. The molecule has 0 spiro atoms. The van der Waals surface area contributed by atoms with E-state index in [2.05, 4.69) is 22.0 Å². The van der Waals surface area contributed by atoms with Crippen molar-refractivity contribution in [3.8, 4) is 5.75 Å². The maximum absolute atomic E-state index is 11.5. The molecule has 1 saturated heterocycles. The first-order valence-corrected chi connectivity index (χ1v) is 11.1. The summed E-state index contributed by atoms with van der Waals surface area (Å²) in [6.07, 6.45) is 1.64. The summed E-state index contributed by atoms with van der Waals surface area (Å²) in [4.78, 5) is 20.2. The molecule has 2 aromatic carbocycles. The number of carboxylic acid groups (broad SMARTS) is 1. The van der Waals surface area contributed by atoms with Gasteiger partial charge in [-0.25, -0.2) is 9.78 Å². The first kappa shape index (κ1) is 22.4. The zero-order chi connectivity index (χ0) is 22.5. The number of hydrogen-bond donors (Lipinski definition) is 1. The molecular weight excluding hydrogens is 449 g/mol. The summed E-state index contributed by atoms with van der Waals surface area (Å²) in [6.45, 7) is 4.36. The van der Waals surface area contributed by atoms with E-state index >= 15 is 0 Å². The maximum Gasteiger partial charge on any atom is 0.339 e. The van der Waals surface area contributed by atoms with Crippen LogP contribution in [0.4, 0.5) is 5.82 Å². The van der Waals surface area contributed by atoms with Crippen molar-refractivity contribution < 1.29 is 14.6 Å². The van der Waals surface area contributed by atoms with Gasteiger partial charge in [0.1, 0.15) is 23.7 Å². The van der Waals surface area contributed by atoms with Gasteiger partial charge in [0.05, 0.1) is 5.02 Å². The molecule has 0 bridgehead atoms. The van der Waals surface area contributed by atoms with E-state index in [1.165, 1.54) is 5.56 Å². The Morgan fingerprint density at radius 2 is 1.78 bits per heavy atom. The molecule has 6 nitrogen and oxygen atoms in total. The van der Waals surface area contributed by atoms with E-state index in [4.69, 9.17) is 27.9 Å². The number of halogens is 2. The second-order valence-electron chi connectivity index (χ2n) is 7.63. The summed E-state index contributed by atoms with van der Waals surface area (Å²) in [5.41, 5.74) is 2.51. The second-order valence-corrected chi connectivity index (χ2v) is 8.47. The number of aromatic nitrogens is 1. The largest absolute Gasteiger partial charge is 0.487 e. The van der Waals surface area contributed by atoms with E-state index in [0.29, 0.717) is 28.2 Å². The van der Waals surface area contributed by atoms with Gasteiger partial charge in [0.15, 0.2) is 0 Å². The standard InChI is InChI=1S/C24H23Cl2N3O3/c25-19-6-7-22(21(26)14-19)32-16-18-4-1-3-17(13-18)15-28-9-11-29(12-10-28)23-20(24(30)31)5-2-8-27-23/h1-8,13-14H,9-12,15-16H2,(H,30,31). The van der Waals surface area contributed by atoms with Gasteiger partial charge in [-0.05, 0) is 41.5 Å². The third kappa shape index (κ3) is 5.51. The Balaban J connectivity index is 1.33. The Morgan fingerprint density at radius 3 is 2.53 bits per heavy atom. The molecule has 166 valence electrons. The van der Waals surface area contributed by atoms with Gasteiger partial charge < -0.3 is 14.7 Å². The molecule has 0 unspecified atom stereocenters. The number of ether oxygens (including phenoxy) is 1. The normalized spacial score (nSPS) is 14.4. The molecule has 32 heavy (non-hydrogen) atoms. The van der Waals surface area contributed by atoms with Gasteiger partial charge in [0.2, 0.25) is 0 Å². The number of piperazine rings is 1. The molecule has 1 aromatic heterocycles. The SMILES string of the molecule is O=C(O)c1cccnc1N1CCN(Cc2cccc(COc3ccc(Cl)cc3Cl)c2)CC1. The number of hydrogen-bond acceptors (Lipinski definition) is 5. The molecule has 1 aliphatic heterocycles. The molecule has 0 radical (unpaired) electrons. The van der Waals surface area contributed by atoms with Crippen LogP contribution in [0.25, 0.3) is 0 Å². The molecule has 0 saturated carbocycles. The van der Waals surface area contributed by atoms with Crippen LogP contribution in [0.15, 0.2) is 60.8 Å². The minimum atomic E-state index is -0.950. The Labute approximate surface area is 197 Å². The Morgan fingerprint density at radius 1 is 1.00 bits per heavy atom. The van der Waals surface area contributed by atoms with Crippen LogP contribution in [-0.4, -0.2) is 47.1 Å². The number of pyridine rings is 1. The quantitative estimate of drug-likeness (QED) is 0.523. The smallest absolute Gasteiger partial charge is 0.339 e. The van der Waals surface area contributed by atoms with Gasteiger partial charge >= 0.3 is 5.97 Å². The van der Waals surface area contributed by atoms with E-state index in [1.807, 2.05) is 17.0 Å². The molecule has 4 rings (SSSR count). The fraction of sp³-hybridized carbons (Fsp3) is 0.250. The molecule has 0 atom stereocenters. The fourth-order valence-electron chi connectivity index (χ4n) is 3.76. The number of carbonyl (C=O) groups is 1. The number of nitrogens with zero attached hydrogens (tertiary/aromatic N) is 3. The summed E-state index contributed by atoms with van der Waals surface area (Å²) >= 11 is 12.1. The Bertz CT molecular complexity index is 1100. The molecule has 3 aromatic rings. The van der Waals surface area contributed by atoms with Crippen molar-refractivity contribution in [2.75, 3.05) is 31.1 Å². The molecule has 1 fully saturated rings. The summed E-state index contributed by atoms with van der Waals surface area (Å²) in [5, 5.41) is 10.5. The topological polar surface area (TPSA) is 65.9 Å². The number of aromatic carboxylic acids is 1. The van der Waals surface area contributed by atoms with Gasteiger partial charge in [-0.15, -0.1) is 0 Å². The predicted octanol–water partition coefficient (Wildman–Crippen LogP) is 4.99. The molecule has 0 amide bonds. The molecule has 1 aliphatic rings. The van der Waals surface area contributed by atoms with Crippen LogP contribution < -0.4 is 9.64 Å². The van der Waals surface area contributed by atoms with E-state index in [9.17, 15) is 9.90 Å². The van der Waals surface area contributed by atoms with Crippen molar-refractivity contribution in [2.45, 2.75) is 13.2 Å². The number of carboxylic acids is 1. The highest BCUT2D eigenvalue weighted by Crippen LogP contribution is 2.28. The lowest BCUT2D eigenvalue weighted by Crippen LogP contribution is -2.46. The first-order chi connectivity index (χ1) is 15.5. The van der Waals surface area contributed by atoms with Crippen LogP contribution in [0.2, 0.25) is 10.0 Å². The fourth-order valence-corrected chi connectivity index (χ4v) is 4.23. The number of rotatable bonds is 7. The molecule has 8 heteroatoms. The van der Waals surface area contributed by atoms with Crippen LogP contribution in [-0.2, 0) is 13.2 Å². The number of benzene rings is 2. The van der Waals surface area contributed by atoms with Crippen molar-refractivity contribution in [2.24, 2.45) is 0 Å². The van der Waals surface area contributed by atoms with Gasteiger partial charge in [-0.1, -0.05) is 47.5 Å².